The maximum Gasteiger partial charge on any atom is 0.0608 e. The van der Waals surface area contributed by atoms with Crippen LogP contribution in [0.2, 0.25) is 5.02 Å². The van der Waals surface area contributed by atoms with Gasteiger partial charge in [0, 0.05) is 10.6 Å². The largest absolute Gasteiger partial charge is 0.394 e. The van der Waals surface area contributed by atoms with Gasteiger partial charge in [0.1, 0.15) is 0 Å². The van der Waals surface area contributed by atoms with Crippen LogP contribution in [0.3, 0.4) is 0 Å². The molecule has 0 bridgehead atoms. The lowest BCUT2D eigenvalue weighted by Crippen LogP contribution is -2.39. The van der Waals surface area contributed by atoms with Gasteiger partial charge in [-0.25, -0.2) is 0 Å². The van der Waals surface area contributed by atoms with Crippen LogP contribution in [-0.4, -0.2) is 17.3 Å². The zero-order valence-electron chi connectivity index (χ0n) is 9.75. The summed E-state index contributed by atoms with van der Waals surface area (Å²) in [5.41, 5.74) is 6.72. The fraction of sp³-hybridized carbons (Fsp3) is 0.538. The van der Waals surface area contributed by atoms with Crippen LogP contribution >= 0.6 is 11.6 Å². The van der Waals surface area contributed by atoms with Crippen molar-refractivity contribution in [1.29, 1.82) is 0 Å². The molecule has 1 aromatic carbocycles. The van der Waals surface area contributed by atoms with E-state index < -0.39 is 5.54 Å². The van der Waals surface area contributed by atoms with Crippen LogP contribution in [0.4, 0.5) is 0 Å². The van der Waals surface area contributed by atoms with Gasteiger partial charge in [-0.2, -0.15) is 0 Å². The van der Waals surface area contributed by atoms with Gasteiger partial charge in [0.15, 0.2) is 0 Å². The topological polar surface area (TPSA) is 46.2 Å². The van der Waals surface area contributed by atoms with Gasteiger partial charge in [0.2, 0.25) is 0 Å². The average molecular weight is 242 g/mol. The monoisotopic (exact) mass is 241 g/mol. The second kappa shape index (κ2) is 6.24. The highest BCUT2D eigenvalue weighted by Crippen LogP contribution is 2.14. The summed E-state index contributed by atoms with van der Waals surface area (Å²) in [4.78, 5) is 0. The molecule has 0 fully saturated rings. The van der Waals surface area contributed by atoms with E-state index in [1.165, 1.54) is 5.56 Å². The molecule has 1 rings (SSSR count). The number of hydrogen-bond donors (Lipinski definition) is 2. The van der Waals surface area contributed by atoms with Crippen LogP contribution in [0.15, 0.2) is 24.3 Å². The standard InChI is InChI=1S/C13H20ClNO/c1-13(15,10-16)9-3-2-4-11-5-7-12(14)8-6-11/h5-8,16H,2-4,9-10,15H2,1H3. The van der Waals surface area contributed by atoms with Gasteiger partial charge in [0.25, 0.3) is 0 Å². The highest BCUT2D eigenvalue weighted by atomic mass is 35.5. The molecule has 1 aromatic rings. The zero-order valence-corrected chi connectivity index (χ0v) is 10.5. The predicted octanol–water partition coefficient (Wildman–Crippen LogP) is 2.76. The number of rotatable bonds is 6. The Morgan fingerprint density at radius 3 is 2.44 bits per heavy atom. The summed E-state index contributed by atoms with van der Waals surface area (Å²) < 4.78 is 0. The van der Waals surface area contributed by atoms with Gasteiger partial charge in [0.05, 0.1) is 6.61 Å². The second-order valence-electron chi connectivity index (χ2n) is 4.65. The van der Waals surface area contributed by atoms with Crippen molar-refractivity contribution in [2.75, 3.05) is 6.61 Å². The van der Waals surface area contributed by atoms with Crippen molar-refractivity contribution in [3.63, 3.8) is 0 Å². The van der Waals surface area contributed by atoms with Gasteiger partial charge in [-0.15, -0.1) is 0 Å². The summed E-state index contributed by atoms with van der Waals surface area (Å²) in [6.07, 6.45) is 4.03. The molecule has 2 nitrogen and oxygen atoms in total. The first-order valence-corrected chi connectivity index (χ1v) is 6.05. The van der Waals surface area contributed by atoms with Crippen LogP contribution in [0.25, 0.3) is 0 Å². The number of halogens is 1. The highest BCUT2D eigenvalue weighted by Gasteiger charge is 2.15. The molecule has 0 aromatic heterocycles. The predicted molar refractivity (Wildman–Crippen MR) is 68.7 cm³/mol. The lowest BCUT2D eigenvalue weighted by Gasteiger charge is -2.21. The Balaban J connectivity index is 2.23. The first kappa shape index (κ1) is 13.5. The van der Waals surface area contributed by atoms with E-state index >= 15 is 0 Å². The van der Waals surface area contributed by atoms with Crippen LogP contribution in [0.5, 0.6) is 0 Å². The third kappa shape index (κ3) is 4.97. The van der Waals surface area contributed by atoms with Gasteiger partial charge in [-0.05, 0) is 43.9 Å². The van der Waals surface area contributed by atoms with Crippen molar-refractivity contribution >= 4 is 11.6 Å². The van der Waals surface area contributed by atoms with Crippen molar-refractivity contribution in [3.05, 3.63) is 34.9 Å². The highest BCUT2D eigenvalue weighted by molar-refractivity contribution is 6.30. The molecule has 0 amide bonds. The quantitative estimate of drug-likeness (QED) is 0.753. The minimum absolute atomic E-state index is 0.0495. The fourth-order valence-electron chi connectivity index (χ4n) is 1.59. The Bertz CT molecular complexity index is 308. The van der Waals surface area contributed by atoms with E-state index in [9.17, 15) is 0 Å². The van der Waals surface area contributed by atoms with Crippen molar-refractivity contribution in [3.8, 4) is 0 Å². The van der Waals surface area contributed by atoms with Gasteiger partial charge < -0.3 is 10.8 Å². The Morgan fingerprint density at radius 2 is 1.88 bits per heavy atom. The number of aryl methyl sites for hydroxylation is 1. The molecule has 0 saturated heterocycles. The maximum absolute atomic E-state index is 9.00. The Kier molecular flexibility index (Phi) is 5.26. The first-order valence-electron chi connectivity index (χ1n) is 5.68. The summed E-state index contributed by atoms with van der Waals surface area (Å²) >= 11 is 5.81. The van der Waals surface area contributed by atoms with Crippen molar-refractivity contribution in [1.82, 2.24) is 0 Å². The van der Waals surface area contributed by atoms with Crippen LogP contribution < -0.4 is 5.73 Å². The van der Waals surface area contributed by atoms with Crippen molar-refractivity contribution in [2.45, 2.75) is 38.1 Å². The number of nitrogens with two attached hydrogens (primary N) is 1. The van der Waals surface area contributed by atoms with Crippen molar-refractivity contribution in [2.24, 2.45) is 5.73 Å². The maximum atomic E-state index is 9.00. The molecule has 0 aliphatic rings. The van der Waals surface area contributed by atoms with E-state index in [0.29, 0.717) is 0 Å². The van der Waals surface area contributed by atoms with Crippen LogP contribution in [0, 0.1) is 0 Å². The fourth-order valence-corrected chi connectivity index (χ4v) is 1.71. The molecule has 3 heteroatoms. The summed E-state index contributed by atoms with van der Waals surface area (Å²) in [5, 5.41) is 9.78. The number of unbranched alkanes of at least 4 members (excludes halogenated alkanes) is 1. The van der Waals surface area contributed by atoms with E-state index in [4.69, 9.17) is 22.4 Å². The molecule has 1 unspecified atom stereocenters. The van der Waals surface area contributed by atoms with E-state index in [1.54, 1.807) is 0 Å². The zero-order chi connectivity index (χ0) is 12.0. The summed E-state index contributed by atoms with van der Waals surface area (Å²) in [6.45, 7) is 1.93. The number of hydrogen-bond acceptors (Lipinski definition) is 2. The van der Waals surface area contributed by atoms with Gasteiger partial charge in [-0.1, -0.05) is 30.2 Å². The molecule has 0 heterocycles. The molecule has 0 saturated carbocycles. The summed E-state index contributed by atoms with van der Waals surface area (Å²) in [5.74, 6) is 0. The molecule has 3 N–H and O–H groups in total. The second-order valence-corrected chi connectivity index (χ2v) is 5.08. The van der Waals surface area contributed by atoms with Gasteiger partial charge >= 0.3 is 0 Å². The summed E-state index contributed by atoms with van der Waals surface area (Å²) in [6, 6.07) is 7.93. The average Bonchev–Trinajstić information content (AvgIpc) is 2.27. The molecular formula is C13H20ClNO. The van der Waals surface area contributed by atoms with E-state index in [0.717, 1.165) is 30.7 Å². The SMILES string of the molecule is CC(N)(CO)CCCCc1ccc(Cl)cc1. The number of aliphatic hydroxyl groups is 1. The normalized spacial score (nSPS) is 14.8. The lowest BCUT2D eigenvalue weighted by atomic mass is 9.96. The molecule has 0 aliphatic carbocycles. The molecule has 0 spiro atoms. The van der Waals surface area contributed by atoms with E-state index in [-0.39, 0.29) is 6.61 Å². The molecule has 90 valence electrons. The number of benzene rings is 1. The minimum Gasteiger partial charge on any atom is -0.394 e. The first-order chi connectivity index (χ1) is 7.53. The van der Waals surface area contributed by atoms with Gasteiger partial charge in [-0.3, -0.25) is 0 Å². The molecule has 0 radical (unpaired) electrons. The summed E-state index contributed by atoms with van der Waals surface area (Å²) in [7, 11) is 0. The van der Waals surface area contributed by atoms with E-state index in [2.05, 4.69) is 12.1 Å². The van der Waals surface area contributed by atoms with Crippen LogP contribution in [-0.2, 0) is 6.42 Å². The smallest absolute Gasteiger partial charge is 0.0608 e. The van der Waals surface area contributed by atoms with E-state index in [1.807, 2.05) is 19.1 Å². The third-order valence-electron chi connectivity index (χ3n) is 2.74. The Morgan fingerprint density at radius 1 is 1.25 bits per heavy atom. The third-order valence-corrected chi connectivity index (χ3v) is 2.99. The van der Waals surface area contributed by atoms with Crippen LogP contribution in [0.1, 0.15) is 31.7 Å². The number of aliphatic hydroxyl groups excluding tert-OH is 1. The minimum atomic E-state index is -0.431. The Hall–Kier alpha value is -0.570. The lowest BCUT2D eigenvalue weighted by molar-refractivity contribution is 0.197. The molecule has 1 atom stereocenters. The molecular weight excluding hydrogens is 222 g/mol. The Labute approximate surface area is 102 Å². The van der Waals surface area contributed by atoms with Crippen molar-refractivity contribution < 1.29 is 5.11 Å². The molecule has 0 aliphatic heterocycles. The molecule has 16 heavy (non-hydrogen) atoms.